The first-order valence-electron chi connectivity index (χ1n) is 15.6. The molecule has 0 aliphatic rings. The van der Waals surface area contributed by atoms with Crippen LogP contribution in [-0.2, 0) is 4.57 Å². The minimum Gasteiger partial charge on any atom is -0.318 e. The van der Waals surface area contributed by atoms with E-state index in [1.165, 1.54) is 54.6 Å². The molecule has 0 heterocycles. The second kappa shape index (κ2) is 11.2. The van der Waals surface area contributed by atoms with Gasteiger partial charge < -0.3 is 4.57 Å². The zero-order chi connectivity index (χ0) is 30.4. The van der Waals surface area contributed by atoms with Crippen molar-refractivity contribution < 1.29 is 4.57 Å². The van der Waals surface area contributed by atoms with Crippen molar-refractivity contribution in [3.05, 3.63) is 140 Å². The number of hydrogen-bond donors (Lipinski definition) is 0. The highest BCUT2D eigenvalue weighted by Crippen LogP contribution is 2.54. The lowest BCUT2D eigenvalue weighted by molar-refractivity contribution is 0.569. The van der Waals surface area contributed by atoms with E-state index in [1.54, 1.807) is 0 Å². The highest BCUT2D eigenvalue weighted by Gasteiger charge is 2.32. The van der Waals surface area contributed by atoms with Gasteiger partial charge in [-0.25, -0.2) is 0 Å². The second-order valence-electron chi connectivity index (χ2n) is 12.4. The van der Waals surface area contributed by atoms with Crippen molar-refractivity contribution in [1.82, 2.24) is 0 Å². The molecular formula is C42H37OP. The van der Waals surface area contributed by atoms with Crippen LogP contribution in [0.1, 0.15) is 27.7 Å². The molecule has 0 spiro atoms. The van der Waals surface area contributed by atoms with Crippen LogP contribution in [0.25, 0.3) is 65.7 Å². The van der Waals surface area contributed by atoms with E-state index in [2.05, 4.69) is 167 Å². The van der Waals surface area contributed by atoms with Crippen molar-refractivity contribution in [3.8, 4) is 33.4 Å². The summed E-state index contributed by atoms with van der Waals surface area (Å²) in [6, 6.07) is 50.3. The first-order valence-corrected chi connectivity index (χ1v) is 17.4. The van der Waals surface area contributed by atoms with Crippen LogP contribution in [0, 0.1) is 0 Å². The van der Waals surface area contributed by atoms with Crippen LogP contribution >= 0.6 is 7.14 Å². The van der Waals surface area contributed by atoms with E-state index in [0.29, 0.717) is 0 Å². The molecule has 0 unspecified atom stereocenters. The van der Waals surface area contributed by atoms with Crippen LogP contribution in [0.4, 0.5) is 0 Å². The molecule has 0 bridgehead atoms. The molecule has 1 nitrogen and oxygen atoms in total. The molecule has 0 radical (unpaired) electrons. The van der Waals surface area contributed by atoms with E-state index in [4.69, 9.17) is 0 Å². The number of rotatable bonds is 6. The highest BCUT2D eigenvalue weighted by molar-refractivity contribution is 7.72. The van der Waals surface area contributed by atoms with Crippen molar-refractivity contribution >= 4 is 44.8 Å². The molecule has 0 aliphatic heterocycles. The lowest BCUT2D eigenvalue weighted by atomic mass is 9.85. The van der Waals surface area contributed by atoms with Gasteiger partial charge in [0.25, 0.3) is 0 Å². The molecule has 0 fully saturated rings. The van der Waals surface area contributed by atoms with Gasteiger partial charge in [-0.05, 0) is 83.9 Å². The zero-order valence-corrected chi connectivity index (χ0v) is 26.7. The Morgan fingerprint density at radius 3 is 1.43 bits per heavy atom. The predicted molar refractivity (Wildman–Crippen MR) is 193 cm³/mol. The van der Waals surface area contributed by atoms with Crippen molar-refractivity contribution in [3.63, 3.8) is 0 Å². The number of benzene rings is 7. The summed E-state index contributed by atoms with van der Waals surface area (Å²) in [5, 5.41) is 8.45. The molecule has 0 saturated heterocycles. The third kappa shape index (κ3) is 4.68. The number of hydrogen-bond acceptors (Lipinski definition) is 1. The minimum atomic E-state index is -2.55. The Labute approximate surface area is 260 Å². The zero-order valence-electron chi connectivity index (χ0n) is 25.8. The van der Waals surface area contributed by atoms with Gasteiger partial charge in [0, 0.05) is 16.6 Å². The van der Waals surface area contributed by atoms with Crippen LogP contribution < -0.4 is 5.30 Å². The predicted octanol–water partition coefficient (Wildman–Crippen LogP) is 12.0. The fourth-order valence-electron chi connectivity index (χ4n) is 7.04. The summed E-state index contributed by atoms with van der Waals surface area (Å²) in [6.07, 6.45) is 0. The van der Waals surface area contributed by atoms with E-state index >= 15 is 0 Å². The average Bonchev–Trinajstić information content (AvgIpc) is 3.06. The van der Waals surface area contributed by atoms with E-state index < -0.39 is 7.14 Å². The van der Waals surface area contributed by atoms with E-state index in [1.807, 2.05) is 0 Å². The first-order chi connectivity index (χ1) is 21.4. The summed E-state index contributed by atoms with van der Waals surface area (Å²) < 4.78 is 14.2. The molecule has 0 aromatic heterocycles. The van der Waals surface area contributed by atoms with Crippen molar-refractivity contribution in [1.29, 1.82) is 0 Å². The Morgan fingerprint density at radius 2 is 0.864 bits per heavy atom. The van der Waals surface area contributed by atoms with Crippen LogP contribution in [0.2, 0.25) is 0 Å². The molecule has 216 valence electrons. The Balaban J connectivity index is 1.45. The molecule has 0 atom stereocenters. The lowest BCUT2D eigenvalue weighted by Gasteiger charge is -2.27. The molecule has 0 saturated carbocycles. The maximum atomic E-state index is 14.2. The number of fused-ring (bicyclic) bond motifs is 3. The quantitative estimate of drug-likeness (QED) is 0.139. The second-order valence-corrected chi connectivity index (χ2v) is 16.4. The highest BCUT2D eigenvalue weighted by atomic mass is 31.2. The molecule has 0 aliphatic carbocycles. The molecular weight excluding hydrogens is 551 g/mol. The topological polar surface area (TPSA) is 17.1 Å². The lowest BCUT2D eigenvalue weighted by Crippen LogP contribution is -2.19. The van der Waals surface area contributed by atoms with Gasteiger partial charge in [0.1, 0.15) is 7.14 Å². The first kappa shape index (κ1) is 28.3. The monoisotopic (exact) mass is 588 g/mol. The molecule has 7 aromatic rings. The normalized spacial score (nSPS) is 12.1. The van der Waals surface area contributed by atoms with Gasteiger partial charge in [0.15, 0.2) is 0 Å². The van der Waals surface area contributed by atoms with Crippen molar-refractivity contribution in [2.24, 2.45) is 0 Å². The SMILES string of the molecule is CC(C)P(=O)(c1cccc(-c2cccc(-c3c4ccccc4c(-c4ccc5ccccc5c4)c4ccccc34)c2)c1)C(C)C. The van der Waals surface area contributed by atoms with Gasteiger partial charge in [0.2, 0.25) is 0 Å². The summed E-state index contributed by atoms with van der Waals surface area (Å²) >= 11 is 0. The molecule has 0 amide bonds. The minimum absolute atomic E-state index is 0.0999. The van der Waals surface area contributed by atoms with Crippen molar-refractivity contribution in [2.45, 2.75) is 39.0 Å². The van der Waals surface area contributed by atoms with Gasteiger partial charge in [-0.15, -0.1) is 0 Å². The van der Waals surface area contributed by atoms with E-state index in [9.17, 15) is 4.57 Å². The van der Waals surface area contributed by atoms with Gasteiger partial charge >= 0.3 is 0 Å². The van der Waals surface area contributed by atoms with Crippen LogP contribution in [0.5, 0.6) is 0 Å². The Hall–Kier alpha value is -4.45. The summed E-state index contributed by atoms with van der Waals surface area (Å²) in [5.41, 5.74) is 7.36. The maximum absolute atomic E-state index is 14.2. The van der Waals surface area contributed by atoms with Crippen LogP contribution in [0.3, 0.4) is 0 Å². The summed E-state index contributed by atoms with van der Waals surface area (Å²) in [7, 11) is -2.55. The Bertz CT molecular complexity index is 2150. The molecule has 0 N–H and O–H groups in total. The molecule has 7 aromatic carbocycles. The van der Waals surface area contributed by atoms with Gasteiger partial charge in [-0.1, -0.05) is 149 Å². The smallest absolute Gasteiger partial charge is 0.120 e. The van der Waals surface area contributed by atoms with Gasteiger partial charge in [0.05, 0.1) is 0 Å². The Kier molecular flexibility index (Phi) is 7.23. The van der Waals surface area contributed by atoms with E-state index in [-0.39, 0.29) is 11.3 Å². The summed E-state index contributed by atoms with van der Waals surface area (Å²) in [6.45, 7) is 8.36. The van der Waals surface area contributed by atoms with Crippen molar-refractivity contribution in [2.75, 3.05) is 0 Å². The largest absolute Gasteiger partial charge is 0.318 e. The summed E-state index contributed by atoms with van der Waals surface area (Å²) in [4.78, 5) is 0. The third-order valence-electron chi connectivity index (χ3n) is 9.24. The third-order valence-corrected chi connectivity index (χ3v) is 13.4. The van der Waals surface area contributed by atoms with Gasteiger partial charge in [-0.3, -0.25) is 0 Å². The van der Waals surface area contributed by atoms with Gasteiger partial charge in [-0.2, -0.15) is 0 Å². The fourth-order valence-corrected chi connectivity index (χ4v) is 10.1. The summed E-state index contributed by atoms with van der Waals surface area (Å²) in [5.74, 6) is 0. The molecule has 2 heteroatoms. The molecule has 44 heavy (non-hydrogen) atoms. The fraction of sp³-hybridized carbons (Fsp3) is 0.143. The molecule has 7 rings (SSSR count). The Morgan fingerprint density at radius 1 is 0.409 bits per heavy atom. The standard InChI is InChI=1S/C42H37OP/c1-28(2)44(43,29(3)4)36-18-12-16-33(27-36)32-15-11-17-34(26-32)41-37-19-7-9-21-39(37)42(40-22-10-8-20-38(40)41)35-24-23-30-13-5-6-14-31(30)25-35/h5-29H,1-4H3. The maximum Gasteiger partial charge on any atom is 0.120 e. The van der Waals surface area contributed by atoms with Crippen LogP contribution in [0.15, 0.2) is 140 Å². The van der Waals surface area contributed by atoms with Crippen LogP contribution in [-0.4, -0.2) is 11.3 Å². The van der Waals surface area contributed by atoms with E-state index in [0.717, 1.165) is 16.4 Å². The average molecular weight is 589 g/mol.